The van der Waals surface area contributed by atoms with Gasteiger partial charge in [-0.25, -0.2) is 0 Å². The standard InChI is InChI=1S/C21H17NO3/c1-14-11-17(8-9-19(14)25-2)21(24)20(23)16-6-3-5-15(12-16)18-7-4-10-22-13-18/h3-13H,1-2H3. The predicted molar refractivity (Wildman–Crippen MR) is 96.1 cm³/mol. The van der Waals surface area contributed by atoms with Crippen LogP contribution in [-0.2, 0) is 0 Å². The van der Waals surface area contributed by atoms with Gasteiger partial charge in [-0.15, -0.1) is 0 Å². The number of ether oxygens (including phenoxy) is 1. The summed E-state index contributed by atoms with van der Waals surface area (Å²) in [6.45, 7) is 1.84. The maximum absolute atomic E-state index is 12.6. The predicted octanol–water partition coefficient (Wildman–Crippen LogP) is 4.13. The number of rotatable bonds is 5. The first-order chi connectivity index (χ1) is 12.1. The zero-order valence-corrected chi connectivity index (χ0v) is 14.0. The van der Waals surface area contributed by atoms with Crippen molar-refractivity contribution >= 4 is 11.6 Å². The zero-order chi connectivity index (χ0) is 17.8. The molecule has 2 aromatic carbocycles. The molecule has 25 heavy (non-hydrogen) atoms. The summed E-state index contributed by atoms with van der Waals surface area (Å²) in [6.07, 6.45) is 3.41. The minimum Gasteiger partial charge on any atom is -0.496 e. The third kappa shape index (κ3) is 3.48. The second-order valence-corrected chi connectivity index (χ2v) is 5.67. The van der Waals surface area contributed by atoms with Crippen LogP contribution in [0.1, 0.15) is 26.3 Å². The number of carbonyl (C=O) groups is 2. The fourth-order valence-electron chi connectivity index (χ4n) is 2.66. The Morgan fingerprint density at radius 3 is 2.24 bits per heavy atom. The Hall–Kier alpha value is -3.27. The van der Waals surface area contributed by atoms with Crippen LogP contribution in [0.4, 0.5) is 0 Å². The molecule has 0 bridgehead atoms. The largest absolute Gasteiger partial charge is 0.496 e. The number of benzene rings is 2. The summed E-state index contributed by atoms with van der Waals surface area (Å²) < 4.78 is 5.19. The fraction of sp³-hybridized carbons (Fsp3) is 0.0952. The maximum Gasteiger partial charge on any atom is 0.233 e. The molecule has 0 unspecified atom stereocenters. The van der Waals surface area contributed by atoms with E-state index in [0.717, 1.165) is 16.7 Å². The van der Waals surface area contributed by atoms with Gasteiger partial charge in [-0.05, 0) is 48.4 Å². The lowest BCUT2D eigenvalue weighted by Gasteiger charge is -2.07. The van der Waals surface area contributed by atoms with Crippen LogP contribution in [-0.4, -0.2) is 23.7 Å². The van der Waals surface area contributed by atoms with Crippen LogP contribution in [0, 0.1) is 6.92 Å². The molecule has 1 aromatic heterocycles. The van der Waals surface area contributed by atoms with Gasteiger partial charge in [0.2, 0.25) is 11.6 Å². The van der Waals surface area contributed by atoms with Gasteiger partial charge in [-0.3, -0.25) is 14.6 Å². The molecule has 0 aliphatic carbocycles. The lowest BCUT2D eigenvalue weighted by atomic mass is 9.97. The summed E-state index contributed by atoms with van der Waals surface area (Å²) in [5, 5.41) is 0. The highest BCUT2D eigenvalue weighted by Crippen LogP contribution is 2.22. The van der Waals surface area contributed by atoms with Gasteiger partial charge in [-0.1, -0.05) is 24.3 Å². The van der Waals surface area contributed by atoms with Crippen LogP contribution in [0.25, 0.3) is 11.1 Å². The van der Waals surface area contributed by atoms with Crippen molar-refractivity contribution in [3.05, 3.63) is 83.7 Å². The zero-order valence-electron chi connectivity index (χ0n) is 14.0. The van der Waals surface area contributed by atoms with Crippen molar-refractivity contribution in [1.82, 2.24) is 4.98 Å². The molecule has 0 aliphatic heterocycles. The topological polar surface area (TPSA) is 56.3 Å². The van der Waals surface area contributed by atoms with Gasteiger partial charge in [-0.2, -0.15) is 0 Å². The number of ketones is 2. The van der Waals surface area contributed by atoms with Gasteiger partial charge in [0.15, 0.2) is 0 Å². The lowest BCUT2D eigenvalue weighted by Crippen LogP contribution is -2.14. The van der Waals surface area contributed by atoms with Gasteiger partial charge < -0.3 is 4.74 Å². The van der Waals surface area contributed by atoms with Crippen molar-refractivity contribution in [2.75, 3.05) is 7.11 Å². The van der Waals surface area contributed by atoms with Crippen LogP contribution < -0.4 is 4.74 Å². The average molecular weight is 331 g/mol. The molecule has 4 nitrogen and oxygen atoms in total. The van der Waals surface area contributed by atoms with Gasteiger partial charge >= 0.3 is 0 Å². The van der Waals surface area contributed by atoms with E-state index in [1.54, 1.807) is 55.9 Å². The fourth-order valence-corrected chi connectivity index (χ4v) is 2.66. The second kappa shape index (κ2) is 7.09. The third-order valence-corrected chi connectivity index (χ3v) is 3.98. The summed E-state index contributed by atoms with van der Waals surface area (Å²) >= 11 is 0. The van der Waals surface area contributed by atoms with Gasteiger partial charge in [0.1, 0.15) is 5.75 Å². The molecule has 0 saturated carbocycles. The molecule has 4 heteroatoms. The molecule has 0 aliphatic rings. The third-order valence-electron chi connectivity index (χ3n) is 3.98. The van der Waals surface area contributed by atoms with Crippen LogP contribution in [0.15, 0.2) is 67.0 Å². The van der Waals surface area contributed by atoms with Gasteiger partial charge in [0, 0.05) is 29.1 Å². The molecule has 0 fully saturated rings. The number of hydrogen-bond donors (Lipinski definition) is 0. The van der Waals surface area contributed by atoms with Crippen molar-refractivity contribution in [2.24, 2.45) is 0 Å². The molecular weight excluding hydrogens is 314 g/mol. The van der Waals surface area contributed by atoms with E-state index in [1.165, 1.54) is 0 Å². The average Bonchev–Trinajstić information content (AvgIpc) is 2.67. The number of pyridine rings is 1. The number of aromatic nitrogens is 1. The Bertz CT molecular complexity index is 933. The van der Waals surface area contributed by atoms with E-state index in [0.29, 0.717) is 16.9 Å². The second-order valence-electron chi connectivity index (χ2n) is 5.67. The quantitative estimate of drug-likeness (QED) is 0.521. The van der Waals surface area contributed by atoms with Crippen molar-refractivity contribution < 1.29 is 14.3 Å². The Labute approximate surface area is 146 Å². The van der Waals surface area contributed by atoms with Crippen molar-refractivity contribution in [2.45, 2.75) is 6.92 Å². The number of Topliss-reactive ketones (excluding diaryl/α,β-unsaturated/α-hetero) is 2. The van der Waals surface area contributed by atoms with E-state index >= 15 is 0 Å². The number of methoxy groups -OCH3 is 1. The van der Waals surface area contributed by atoms with E-state index in [-0.39, 0.29) is 0 Å². The molecule has 0 atom stereocenters. The first-order valence-corrected chi connectivity index (χ1v) is 7.84. The lowest BCUT2D eigenvalue weighted by molar-refractivity contribution is 0.0817. The van der Waals surface area contributed by atoms with E-state index in [9.17, 15) is 9.59 Å². The molecule has 124 valence electrons. The Morgan fingerprint density at radius 2 is 1.60 bits per heavy atom. The Morgan fingerprint density at radius 1 is 0.880 bits per heavy atom. The molecule has 1 heterocycles. The maximum atomic E-state index is 12.6. The van der Waals surface area contributed by atoms with E-state index in [1.807, 2.05) is 25.1 Å². The van der Waals surface area contributed by atoms with Gasteiger partial charge in [0.05, 0.1) is 7.11 Å². The molecule has 0 spiro atoms. The van der Waals surface area contributed by atoms with Crippen LogP contribution >= 0.6 is 0 Å². The van der Waals surface area contributed by atoms with Crippen LogP contribution in [0.2, 0.25) is 0 Å². The Kier molecular flexibility index (Phi) is 4.70. The van der Waals surface area contributed by atoms with Crippen molar-refractivity contribution in [3.63, 3.8) is 0 Å². The molecule has 0 radical (unpaired) electrons. The van der Waals surface area contributed by atoms with Crippen molar-refractivity contribution in [1.29, 1.82) is 0 Å². The minimum absolute atomic E-state index is 0.357. The molecule has 0 saturated heterocycles. The molecule has 3 aromatic rings. The molecular formula is C21H17NO3. The molecule has 3 rings (SSSR count). The number of nitrogens with zero attached hydrogens (tertiary/aromatic N) is 1. The van der Waals surface area contributed by atoms with Gasteiger partial charge in [0.25, 0.3) is 0 Å². The first-order valence-electron chi connectivity index (χ1n) is 7.84. The van der Waals surface area contributed by atoms with Crippen LogP contribution in [0.3, 0.4) is 0 Å². The normalized spacial score (nSPS) is 10.3. The van der Waals surface area contributed by atoms with E-state index in [2.05, 4.69) is 4.98 Å². The minimum atomic E-state index is -0.533. The molecule has 0 N–H and O–H groups in total. The number of carbonyl (C=O) groups excluding carboxylic acids is 2. The summed E-state index contributed by atoms with van der Waals surface area (Å²) in [7, 11) is 1.57. The highest BCUT2D eigenvalue weighted by atomic mass is 16.5. The summed E-state index contributed by atoms with van der Waals surface area (Å²) in [4.78, 5) is 29.2. The summed E-state index contributed by atoms with van der Waals surface area (Å²) in [5.41, 5.74) is 3.27. The smallest absolute Gasteiger partial charge is 0.233 e. The molecule has 0 amide bonds. The highest BCUT2D eigenvalue weighted by molar-refractivity contribution is 6.49. The summed E-state index contributed by atoms with van der Waals surface area (Å²) in [6, 6.07) is 15.7. The van der Waals surface area contributed by atoms with E-state index in [4.69, 9.17) is 4.74 Å². The van der Waals surface area contributed by atoms with E-state index < -0.39 is 11.6 Å². The number of hydrogen-bond acceptors (Lipinski definition) is 4. The number of aryl methyl sites for hydroxylation is 1. The Balaban J connectivity index is 1.90. The van der Waals surface area contributed by atoms with Crippen molar-refractivity contribution in [3.8, 4) is 16.9 Å². The summed E-state index contributed by atoms with van der Waals surface area (Å²) in [5.74, 6) is -0.382. The van der Waals surface area contributed by atoms with Crippen LogP contribution in [0.5, 0.6) is 5.75 Å². The first kappa shape index (κ1) is 16.6. The SMILES string of the molecule is COc1ccc(C(=O)C(=O)c2cccc(-c3cccnc3)c2)cc1C. The highest BCUT2D eigenvalue weighted by Gasteiger charge is 2.19. The monoisotopic (exact) mass is 331 g/mol.